The number of rotatable bonds is 3. The Morgan fingerprint density at radius 3 is 2.65 bits per heavy atom. The SMILES string of the molecule is O=C(Nc1ccc(-n2cccn2)cc1)N1C[C@H](O)[C@@H](N2CCOCC2)C1. The fourth-order valence-corrected chi connectivity index (χ4v) is 3.52. The number of nitrogens with zero attached hydrogens (tertiary/aromatic N) is 4. The molecule has 0 spiro atoms. The third-order valence-corrected chi connectivity index (χ3v) is 4.95. The first-order valence-electron chi connectivity index (χ1n) is 8.86. The molecule has 1 aromatic heterocycles. The van der Waals surface area contributed by atoms with Crippen LogP contribution in [0.3, 0.4) is 0 Å². The van der Waals surface area contributed by atoms with Crippen LogP contribution < -0.4 is 5.32 Å². The van der Waals surface area contributed by atoms with E-state index in [1.165, 1.54) is 0 Å². The van der Waals surface area contributed by atoms with E-state index in [0.29, 0.717) is 26.3 Å². The van der Waals surface area contributed by atoms with Gasteiger partial charge in [0.05, 0.1) is 37.6 Å². The molecule has 8 heteroatoms. The maximum absolute atomic E-state index is 12.5. The van der Waals surface area contributed by atoms with E-state index in [9.17, 15) is 9.90 Å². The van der Waals surface area contributed by atoms with Gasteiger partial charge in [-0.25, -0.2) is 9.48 Å². The van der Waals surface area contributed by atoms with E-state index in [2.05, 4.69) is 15.3 Å². The fourth-order valence-electron chi connectivity index (χ4n) is 3.52. The van der Waals surface area contributed by atoms with Crippen molar-refractivity contribution in [3.63, 3.8) is 0 Å². The van der Waals surface area contributed by atoms with Gasteiger partial charge in [0.1, 0.15) is 0 Å². The molecule has 2 aliphatic rings. The molecule has 0 unspecified atom stereocenters. The maximum Gasteiger partial charge on any atom is 0.321 e. The number of morpholine rings is 1. The van der Waals surface area contributed by atoms with Gasteiger partial charge in [-0.1, -0.05) is 0 Å². The Kier molecular flexibility index (Phi) is 4.87. The first-order chi connectivity index (χ1) is 12.7. The molecule has 2 aliphatic heterocycles. The monoisotopic (exact) mass is 357 g/mol. The van der Waals surface area contributed by atoms with E-state index in [1.54, 1.807) is 15.8 Å². The van der Waals surface area contributed by atoms with Crippen LogP contribution in [0.2, 0.25) is 0 Å². The number of hydrogen-bond donors (Lipinski definition) is 2. The molecule has 0 aliphatic carbocycles. The molecule has 0 bridgehead atoms. The Morgan fingerprint density at radius 1 is 1.19 bits per heavy atom. The molecule has 0 saturated carbocycles. The van der Waals surface area contributed by atoms with Gasteiger partial charge in [0.25, 0.3) is 0 Å². The van der Waals surface area contributed by atoms with Crippen LogP contribution in [-0.4, -0.2) is 82.3 Å². The zero-order valence-corrected chi connectivity index (χ0v) is 14.5. The average Bonchev–Trinajstić information content (AvgIpc) is 3.33. The Labute approximate surface area is 152 Å². The lowest BCUT2D eigenvalue weighted by Gasteiger charge is -2.33. The zero-order chi connectivity index (χ0) is 17.9. The van der Waals surface area contributed by atoms with E-state index < -0.39 is 6.10 Å². The zero-order valence-electron chi connectivity index (χ0n) is 14.5. The molecule has 2 N–H and O–H groups in total. The molecule has 2 atom stereocenters. The van der Waals surface area contributed by atoms with Crippen molar-refractivity contribution in [2.75, 3.05) is 44.7 Å². The normalized spacial score (nSPS) is 24.0. The predicted octanol–water partition coefficient (Wildman–Crippen LogP) is 0.781. The highest BCUT2D eigenvalue weighted by molar-refractivity contribution is 5.89. The largest absolute Gasteiger partial charge is 0.390 e. The quantitative estimate of drug-likeness (QED) is 0.848. The number of carbonyl (C=O) groups is 1. The summed E-state index contributed by atoms with van der Waals surface area (Å²) in [6.45, 7) is 3.83. The van der Waals surface area contributed by atoms with Crippen molar-refractivity contribution >= 4 is 11.7 Å². The lowest BCUT2D eigenvalue weighted by atomic mass is 10.2. The Hall–Kier alpha value is -2.42. The summed E-state index contributed by atoms with van der Waals surface area (Å²) in [6.07, 6.45) is 3.06. The molecule has 1 aromatic carbocycles. The lowest BCUT2D eigenvalue weighted by Crippen LogP contribution is -2.49. The van der Waals surface area contributed by atoms with Crippen LogP contribution in [0.1, 0.15) is 0 Å². The second kappa shape index (κ2) is 7.45. The topological polar surface area (TPSA) is 82.9 Å². The van der Waals surface area contributed by atoms with Gasteiger partial charge in [0, 0.05) is 37.7 Å². The number of amides is 2. The van der Waals surface area contributed by atoms with Crippen molar-refractivity contribution < 1.29 is 14.6 Å². The highest BCUT2D eigenvalue weighted by Crippen LogP contribution is 2.19. The van der Waals surface area contributed by atoms with E-state index in [1.807, 2.05) is 36.5 Å². The summed E-state index contributed by atoms with van der Waals surface area (Å²) in [5.41, 5.74) is 1.65. The standard InChI is InChI=1S/C18H23N5O3/c24-17-13-22(12-16(17)21-8-10-26-11-9-21)18(25)20-14-2-4-15(5-3-14)23-7-1-6-19-23/h1-7,16-17,24H,8-13H2,(H,20,25)/t16-,17-/m0/s1. The van der Waals surface area contributed by atoms with Gasteiger partial charge in [0.2, 0.25) is 0 Å². The summed E-state index contributed by atoms with van der Waals surface area (Å²) in [5.74, 6) is 0. The fraction of sp³-hybridized carbons (Fsp3) is 0.444. The van der Waals surface area contributed by atoms with Gasteiger partial charge < -0.3 is 20.1 Å². The minimum absolute atomic E-state index is 0.0214. The number of nitrogens with one attached hydrogen (secondary N) is 1. The number of β-amino-alcohol motifs (C(OH)–C–C–N with tert-alkyl or cyclic N) is 1. The van der Waals surface area contributed by atoms with Gasteiger partial charge >= 0.3 is 6.03 Å². The average molecular weight is 357 g/mol. The molecule has 3 heterocycles. The van der Waals surface area contributed by atoms with Crippen LogP contribution in [0, 0.1) is 0 Å². The number of ether oxygens (including phenoxy) is 1. The van der Waals surface area contributed by atoms with Gasteiger partial charge in [-0.15, -0.1) is 0 Å². The van der Waals surface area contributed by atoms with E-state index in [0.717, 1.165) is 24.5 Å². The summed E-state index contributed by atoms with van der Waals surface area (Å²) in [5, 5.41) is 17.4. The second-order valence-electron chi connectivity index (χ2n) is 6.62. The number of hydrogen-bond acceptors (Lipinski definition) is 5. The van der Waals surface area contributed by atoms with Crippen LogP contribution in [0.25, 0.3) is 5.69 Å². The van der Waals surface area contributed by atoms with Crippen LogP contribution in [0.4, 0.5) is 10.5 Å². The molecule has 0 radical (unpaired) electrons. The number of anilines is 1. The van der Waals surface area contributed by atoms with Crippen LogP contribution >= 0.6 is 0 Å². The third kappa shape index (κ3) is 3.57. The molecule has 2 fully saturated rings. The van der Waals surface area contributed by atoms with Crippen molar-refractivity contribution in [2.45, 2.75) is 12.1 Å². The van der Waals surface area contributed by atoms with Crippen molar-refractivity contribution in [1.82, 2.24) is 19.6 Å². The van der Waals surface area contributed by atoms with Crippen molar-refractivity contribution in [1.29, 1.82) is 0 Å². The minimum Gasteiger partial charge on any atom is -0.390 e. The summed E-state index contributed by atoms with van der Waals surface area (Å²) in [7, 11) is 0. The summed E-state index contributed by atoms with van der Waals surface area (Å²) >= 11 is 0. The molecule has 2 aromatic rings. The Bertz CT molecular complexity index is 728. The maximum atomic E-state index is 12.5. The number of aromatic nitrogens is 2. The number of aliphatic hydroxyl groups is 1. The summed E-state index contributed by atoms with van der Waals surface area (Å²) in [4.78, 5) is 16.4. The Balaban J connectivity index is 1.36. The number of urea groups is 1. The summed E-state index contributed by atoms with van der Waals surface area (Å²) in [6, 6.07) is 9.15. The highest BCUT2D eigenvalue weighted by atomic mass is 16.5. The van der Waals surface area contributed by atoms with E-state index in [-0.39, 0.29) is 12.1 Å². The van der Waals surface area contributed by atoms with Crippen LogP contribution in [-0.2, 0) is 4.74 Å². The predicted molar refractivity (Wildman–Crippen MR) is 96.3 cm³/mol. The van der Waals surface area contributed by atoms with Gasteiger partial charge in [-0.2, -0.15) is 5.10 Å². The Morgan fingerprint density at radius 2 is 1.96 bits per heavy atom. The first-order valence-corrected chi connectivity index (χ1v) is 8.86. The molecule has 26 heavy (non-hydrogen) atoms. The first kappa shape index (κ1) is 17.0. The number of likely N-dealkylation sites (tertiary alicyclic amines) is 1. The van der Waals surface area contributed by atoms with Crippen molar-refractivity contribution in [3.8, 4) is 5.69 Å². The van der Waals surface area contributed by atoms with Gasteiger partial charge in [0.15, 0.2) is 0 Å². The number of aliphatic hydroxyl groups excluding tert-OH is 1. The summed E-state index contributed by atoms with van der Waals surface area (Å²) < 4.78 is 7.12. The molecule has 2 saturated heterocycles. The van der Waals surface area contributed by atoms with Crippen LogP contribution in [0.5, 0.6) is 0 Å². The minimum atomic E-state index is -0.527. The van der Waals surface area contributed by atoms with Crippen LogP contribution in [0.15, 0.2) is 42.7 Å². The molecule has 138 valence electrons. The van der Waals surface area contributed by atoms with Gasteiger partial charge in [-0.3, -0.25) is 4.90 Å². The lowest BCUT2D eigenvalue weighted by molar-refractivity contribution is -0.00607. The molecule has 8 nitrogen and oxygen atoms in total. The van der Waals surface area contributed by atoms with E-state index in [4.69, 9.17) is 4.74 Å². The van der Waals surface area contributed by atoms with Gasteiger partial charge in [-0.05, 0) is 30.3 Å². The van der Waals surface area contributed by atoms with E-state index >= 15 is 0 Å². The number of benzene rings is 1. The third-order valence-electron chi connectivity index (χ3n) is 4.95. The highest BCUT2D eigenvalue weighted by Gasteiger charge is 2.38. The second-order valence-corrected chi connectivity index (χ2v) is 6.62. The van der Waals surface area contributed by atoms with Crippen molar-refractivity contribution in [2.24, 2.45) is 0 Å². The number of carbonyl (C=O) groups excluding carboxylic acids is 1. The van der Waals surface area contributed by atoms with Crippen molar-refractivity contribution in [3.05, 3.63) is 42.7 Å². The molecular formula is C18H23N5O3. The smallest absolute Gasteiger partial charge is 0.321 e. The molecule has 4 rings (SSSR count). The molecular weight excluding hydrogens is 334 g/mol. The molecule has 2 amide bonds.